The molecule has 0 saturated heterocycles. The Kier molecular flexibility index (Phi) is 9.76. The van der Waals surface area contributed by atoms with Gasteiger partial charge in [-0.2, -0.15) is 0 Å². The third-order valence-electron chi connectivity index (χ3n) is 5.92. The molecule has 3 aromatic rings. The van der Waals surface area contributed by atoms with Crippen molar-refractivity contribution in [2.45, 2.75) is 17.9 Å². The molecule has 10 nitrogen and oxygen atoms in total. The molecule has 0 spiro atoms. The van der Waals surface area contributed by atoms with Gasteiger partial charge in [-0.1, -0.05) is 11.6 Å². The van der Waals surface area contributed by atoms with Gasteiger partial charge in [0.1, 0.15) is 23.8 Å². The van der Waals surface area contributed by atoms with Crippen LogP contribution in [-0.4, -0.2) is 56.4 Å². The van der Waals surface area contributed by atoms with Crippen LogP contribution in [-0.2, 0) is 14.8 Å². The first kappa shape index (κ1) is 29.7. The third kappa shape index (κ3) is 6.61. The number of carbonyl (C=O) groups excluding carboxylic acids is 1. The van der Waals surface area contributed by atoms with Crippen LogP contribution in [0.25, 0.3) is 0 Å². The highest BCUT2D eigenvalue weighted by molar-refractivity contribution is 7.92. The Bertz CT molecular complexity index is 1430. The van der Waals surface area contributed by atoms with Crippen LogP contribution < -0.4 is 33.3 Å². The number of carbonyl (C=O) groups is 1. The Morgan fingerprint density at radius 1 is 0.821 bits per heavy atom. The maximum absolute atomic E-state index is 14.0. The first-order chi connectivity index (χ1) is 18.6. The van der Waals surface area contributed by atoms with E-state index in [0.29, 0.717) is 22.8 Å². The van der Waals surface area contributed by atoms with Crippen molar-refractivity contribution >= 4 is 33.2 Å². The van der Waals surface area contributed by atoms with Crippen molar-refractivity contribution in [3.05, 3.63) is 65.2 Å². The number of hydrogen-bond acceptors (Lipinski definition) is 8. The molecule has 0 fully saturated rings. The Balaban J connectivity index is 2.04. The van der Waals surface area contributed by atoms with Crippen LogP contribution in [0.5, 0.6) is 28.7 Å². The van der Waals surface area contributed by atoms with Crippen LogP contribution >= 0.6 is 11.6 Å². The number of methoxy groups -OCH3 is 5. The standard InChI is InChI=1S/C27H31ClN2O8S/c1-17(21-14-19(34-2)8-11-23(21)35-3)29-27(31)16-30(22-13-18(28)7-10-24(22)36-4)39(32,33)20-9-12-25(37-5)26(15-20)38-6/h7-15,17H,16H2,1-6H3,(H,29,31)/t17-/m1/s1. The van der Waals surface area contributed by atoms with E-state index in [4.69, 9.17) is 35.3 Å². The van der Waals surface area contributed by atoms with E-state index in [-0.39, 0.29) is 27.1 Å². The molecule has 0 heterocycles. The average Bonchev–Trinajstić information content (AvgIpc) is 2.94. The van der Waals surface area contributed by atoms with Gasteiger partial charge >= 0.3 is 0 Å². The molecule has 0 aliphatic carbocycles. The van der Waals surface area contributed by atoms with E-state index < -0.39 is 28.5 Å². The topological polar surface area (TPSA) is 113 Å². The number of benzene rings is 3. The quantitative estimate of drug-likeness (QED) is 0.335. The van der Waals surface area contributed by atoms with Crippen molar-refractivity contribution in [2.75, 3.05) is 46.4 Å². The van der Waals surface area contributed by atoms with Crippen LogP contribution in [0.2, 0.25) is 5.02 Å². The Morgan fingerprint density at radius 3 is 2.05 bits per heavy atom. The molecule has 3 aromatic carbocycles. The van der Waals surface area contributed by atoms with Crippen molar-refractivity contribution in [3.63, 3.8) is 0 Å². The zero-order chi connectivity index (χ0) is 28.7. The van der Waals surface area contributed by atoms with E-state index >= 15 is 0 Å². The SMILES string of the molecule is COc1ccc(OC)c([C@@H](C)NC(=O)CN(c2cc(Cl)ccc2OC)S(=O)(=O)c2ccc(OC)c(OC)c2)c1. The van der Waals surface area contributed by atoms with E-state index in [0.717, 1.165) is 4.31 Å². The summed E-state index contributed by atoms with van der Waals surface area (Å²) in [5.41, 5.74) is 0.737. The fraction of sp³-hybridized carbons (Fsp3) is 0.296. The molecule has 12 heteroatoms. The van der Waals surface area contributed by atoms with Gasteiger partial charge in [-0.05, 0) is 55.5 Å². The van der Waals surface area contributed by atoms with Crippen LogP contribution in [0.1, 0.15) is 18.5 Å². The van der Waals surface area contributed by atoms with E-state index in [9.17, 15) is 13.2 Å². The maximum atomic E-state index is 14.0. The van der Waals surface area contributed by atoms with Crippen molar-refractivity contribution in [2.24, 2.45) is 0 Å². The van der Waals surface area contributed by atoms with Gasteiger partial charge in [-0.3, -0.25) is 9.10 Å². The molecule has 0 saturated carbocycles. The van der Waals surface area contributed by atoms with Crippen molar-refractivity contribution in [1.82, 2.24) is 5.32 Å². The second kappa shape index (κ2) is 12.8. The van der Waals surface area contributed by atoms with E-state index in [1.165, 1.54) is 65.9 Å². The molecule has 1 amide bonds. The van der Waals surface area contributed by atoms with Gasteiger partial charge < -0.3 is 29.0 Å². The predicted octanol–water partition coefficient (Wildman–Crippen LogP) is 4.46. The number of nitrogens with one attached hydrogen (secondary N) is 1. The van der Waals surface area contributed by atoms with Crippen LogP contribution in [0.15, 0.2) is 59.5 Å². The Morgan fingerprint density at radius 2 is 1.44 bits per heavy atom. The Labute approximate surface area is 233 Å². The monoisotopic (exact) mass is 578 g/mol. The van der Waals surface area contributed by atoms with Gasteiger partial charge in [0.25, 0.3) is 10.0 Å². The summed E-state index contributed by atoms with van der Waals surface area (Å²) >= 11 is 6.22. The summed E-state index contributed by atoms with van der Waals surface area (Å²) in [6, 6.07) is 13.3. The van der Waals surface area contributed by atoms with Crippen molar-refractivity contribution in [1.29, 1.82) is 0 Å². The summed E-state index contributed by atoms with van der Waals surface area (Å²) < 4.78 is 55.5. The summed E-state index contributed by atoms with van der Waals surface area (Å²) in [6.07, 6.45) is 0. The third-order valence-corrected chi connectivity index (χ3v) is 7.91. The predicted molar refractivity (Wildman–Crippen MR) is 148 cm³/mol. The molecular weight excluding hydrogens is 548 g/mol. The van der Waals surface area contributed by atoms with Gasteiger partial charge in [0.2, 0.25) is 5.91 Å². The number of hydrogen-bond donors (Lipinski definition) is 1. The molecular formula is C27H31ClN2O8S. The van der Waals surface area contributed by atoms with Gasteiger partial charge in [0.05, 0.1) is 52.2 Å². The zero-order valence-corrected chi connectivity index (χ0v) is 24.1. The lowest BCUT2D eigenvalue weighted by molar-refractivity contribution is -0.120. The van der Waals surface area contributed by atoms with Gasteiger partial charge in [-0.25, -0.2) is 8.42 Å². The molecule has 3 rings (SSSR count). The second-order valence-corrected chi connectivity index (χ2v) is 10.5. The van der Waals surface area contributed by atoms with E-state index in [1.807, 2.05) is 0 Å². The number of anilines is 1. The molecule has 39 heavy (non-hydrogen) atoms. The highest BCUT2D eigenvalue weighted by Gasteiger charge is 2.31. The molecule has 0 aliphatic rings. The van der Waals surface area contributed by atoms with Gasteiger partial charge in [-0.15, -0.1) is 0 Å². The highest BCUT2D eigenvalue weighted by atomic mass is 35.5. The first-order valence-corrected chi connectivity index (χ1v) is 13.5. The van der Waals surface area contributed by atoms with Gasteiger partial charge in [0.15, 0.2) is 11.5 Å². The zero-order valence-electron chi connectivity index (χ0n) is 22.5. The summed E-state index contributed by atoms with van der Waals surface area (Å²) in [7, 11) is 2.95. The van der Waals surface area contributed by atoms with Crippen LogP contribution in [0.3, 0.4) is 0 Å². The molecule has 0 aromatic heterocycles. The van der Waals surface area contributed by atoms with Crippen molar-refractivity contribution < 1.29 is 36.9 Å². The minimum Gasteiger partial charge on any atom is -0.497 e. The summed E-state index contributed by atoms with van der Waals surface area (Å²) in [5.74, 6) is 1.29. The van der Waals surface area contributed by atoms with E-state index in [2.05, 4.69) is 5.32 Å². The minimum atomic E-state index is -4.33. The Hall–Kier alpha value is -3.83. The molecule has 1 atom stereocenters. The average molecular weight is 579 g/mol. The number of halogens is 1. The van der Waals surface area contributed by atoms with Crippen LogP contribution in [0, 0.1) is 0 Å². The summed E-state index contributed by atoms with van der Waals surface area (Å²) in [6.45, 7) is 1.17. The maximum Gasteiger partial charge on any atom is 0.265 e. The normalized spacial score (nSPS) is 11.8. The van der Waals surface area contributed by atoms with E-state index in [1.54, 1.807) is 31.2 Å². The molecule has 210 valence electrons. The summed E-state index contributed by atoms with van der Waals surface area (Å²) in [4.78, 5) is 13.2. The first-order valence-electron chi connectivity index (χ1n) is 11.7. The highest BCUT2D eigenvalue weighted by Crippen LogP contribution is 2.37. The fourth-order valence-electron chi connectivity index (χ4n) is 3.94. The number of ether oxygens (including phenoxy) is 5. The lowest BCUT2D eigenvalue weighted by Crippen LogP contribution is -2.41. The number of sulfonamides is 1. The fourth-order valence-corrected chi connectivity index (χ4v) is 5.54. The number of rotatable bonds is 12. The smallest absolute Gasteiger partial charge is 0.265 e. The second-order valence-electron chi connectivity index (χ2n) is 8.24. The molecule has 0 bridgehead atoms. The minimum absolute atomic E-state index is 0.0848. The largest absolute Gasteiger partial charge is 0.497 e. The lowest BCUT2D eigenvalue weighted by atomic mass is 10.1. The molecule has 0 aliphatic heterocycles. The van der Waals surface area contributed by atoms with Crippen molar-refractivity contribution in [3.8, 4) is 28.7 Å². The lowest BCUT2D eigenvalue weighted by Gasteiger charge is -2.27. The summed E-state index contributed by atoms with van der Waals surface area (Å²) in [5, 5.41) is 3.10. The number of nitrogens with zero attached hydrogens (tertiary/aromatic N) is 1. The number of amides is 1. The van der Waals surface area contributed by atoms with Crippen LogP contribution in [0.4, 0.5) is 5.69 Å². The molecule has 0 radical (unpaired) electrons. The molecule has 1 N–H and O–H groups in total. The molecule has 0 unspecified atom stereocenters. The van der Waals surface area contributed by atoms with Gasteiger partial charge in [0, 0.05) is 16.7 Å².